The first-order valence-corrected chi connectivity index (χ1v) is 6.27. The molecular formula is C8H6ClF3O3S. The van der Waals surface area contributed by atoms with Gasteiger partial charge in [0.05, 0.1) is 0 Å². The molecule has 1 aromatic carbocycles. The molecule has 16 heavy (non-hydrogen) atoms. The Bertz CT molecular complexity index is 475. The Morgan fingerprint density at radius 3 is 2.50 bits per heavy atom. The summed E-state index contributed by atoms with van der Waals surface area (Å²) in [5.74, 6) is -1.34. The van der Waals surface area contributed by atoms with Crippen molar-refractivity contribution in [3.8, 4) is 5.75 Å². The van der Waals surface area contributed by atoms with Crippen LogP contribution in [-0.4, -0.2) is 21.5 Å². The van der Waals surface area contributed by atoms with E-state index in [4.69, 9.17) is 10.7 Å². The van der Waals surface area contributed by atoms with E-state index in [9.17, 15) is 21.6 Å². The van der Waals surface area contributed by atoms with Gasteiger partial charge in [0.2, 0.25) is 0 Å². The molecule has 0 unspecified atom stereocenters. The minimum Gasteiger partial charge on any atom is -0.486 e. The van der Waals surface area contributed by atoms with Crippen LogP contribution in [0.25, 0.3) is 0 Å². The predicted molar refractivity (Wildman–Crippen MR) is 50.9 cm³/mol. The molecule has 0 heterocycles. The van der Waals surface area contributed by atoms with Crippen molar-refractivity contribution in [2.75, 3.05) is 6.61 Å². The van der Waals surface area contributed by atoms with E-state index in [0.29, 0.717) is 6.07 Å². The lowest BCUT2D eigenvalue weighted by Crippen LogP contribution is -2.09. The van der Waals surface area contributed by atoms with Gasteiger partial charge >= 0.3 is 0 Å². The maximum absolute atomic E-state index is 12.8. The van der Waals surface area contributed by atoms with E-state index in [1.165, 1.54) is 0 Å². The van der Waals surface area contributed by atoms with E-state index in [-0.39, 0.29) is 0 Å². The molecule has 90 valence electrons. The lowest BCUT2D eigenvalue weighted by Gasteiger charge is -2.08. The van der Waals surface area contributed by atoms with Crippen molar-refractivity contribution in [3.63, 3.8) is 0 Å². The molecule has 0 spiro atoms. The van der Waals surface area contributed by atoms with E-state index in [2.05, 4.69) is 4.74 Å². The highest BCUT2D eigenvalue weighted by molar-refractivity contribution is 8.13. The van der Waals surface area contributed by atoms with E-state index in [0.717, 1.165) is 12.1 Å². The fourth-order valence-corrected chi connectivity index (χ4v) is 1.92. The Balaban J connectivity index is 3.09. The minimum atomic E-state index is -4.16. The van der Waals surface area contributed by atoms with Crippen molar-refractivity contribution in [2.24, 2.45) is 0 Å². The van der Waals surface area contributed by atoms with Crippen LogP contribution in [0.5, 0.6) is 5.75 Å². The zero-order chi connectivity index (χ0) is 12.3. The SMILES string of the molecule is O=S(=O)(Cl)c1ccc(F)cc1OCC(F)F. The topological polar surface area (TPSA) is 43.4 Å². The van der Waals surface area contributed by atoms with Gasteiger partial charge in [-0.15, -0.1) is 0 Å². The lowest BCUT2D eigenvalue weighted by molar-refractivity contribution is 0.0802. The highest BCUT2D eigenvalue weighted by atomic mass is 35.7. The summed E-state index contributed by atoms with van der Waals surface area (Å²) in [6, 6.07) is 2.36. The summed E-state index contributed by atoms with van der Waals surface area (Å²) in [5.41, 5.74) is 0. The van der Waals surface area contributed by atoms with Crippen molar-refractivity contribution in [3.05, 3.63) is 24.0 Å². The normalized spacial score (nSPS) is 11.8. The van der Waals surface area contributed by atoms with Gasteiger partial charge in [-0.1, -0.05) is 0 Å². The molecule has 0 amide bonds. The molecule has 0 aliphatic rings. The van der Waals surface area contributed by atoms with Crippen LogP contribution in [0.15, 0.2) is 23.1 Å². The van der Waals surface area contributed by atoms with Gasteiger partial charge in [-0.25, -0.2) is 21.6 Å². The van der Waals surface area contributed by atoms with Crippen LogP contribution in [0.4, 0.5) is 13.2 Å². The lowest BCUT2D eigenvalue weighted by atomic mass is 10.3. The minimum absolute atomic E-state index is 0.532. The molecule has 0 radical (unpaired) electrons. The molecule has 0 aliphatic carbocycles. The summed E-state index contributed by atoms with van der Waals surface area (Å²) >= 11 is 0. The maximum atomic E-state index is 12.8. The molecule has 0 atom stereocenters. The van der Waals surface area contributed by atoms with Crippen LogP contribution < -0.4 is 4.74 Å². The van der Waals surface area contributed by atoms with E-state index in [1.54, 1.807) is 0 Å². The van der Waals surface area contributed by atoms with E-state index < -0.39 is 38.5 Å². The van der Waals surface area contributed by atoms with Crippen molar-refractivity contribution in [1.29, 1.82) is 0 Å². The summed E-state index contributed by atoms with van der Waals surface area (Å²) in [7, 11) is 0.851. The summed E-state index contributed by atoms with van der Waals surface area (Å²) in [5, 5.41) is 0. The Morgan fingerprint density at radius 1 is 1.38 bits per heavy atom. The van der Waals surface area contributed by atoms with Gasteiger partial charge in [-0.05, 0) is 12.1 Å². The Labute approximate surface area is 94.2 Å². The van der Waals surface area contributed by atoms with Gasteiger partial charge < -0.3 is 4.74 Å². The molecule has 1 aromatic rings. The monoisotopic (exact) mass is 274 g/mol. The largest absolute Gasteiger partial charge is 0.486 e. The zero-order valence-electron chi connectivity index (χ0n) is 7.66. The van der Waals surface area contributed by atoms with Crippen LogP contribution in [-0.2, 0) is 9.05 Å². The first-order chi connectivity index (χ1) is 7.30. The first kappa shape index (κ1) is 13.1. The zero-order valence-corrected chi connectivity index (χ0v) is 9.23. The smallest absolute Gasteiger partial charge is 0.272 e. The molecule has 0 fully saturated rings. The molecular weight excluding hydrogens is 269 g/mol. The van der Waals surface area contributed by atoms with Crippen molar-refractivity contribution < 1.29 is 26.3 Å². The molecule has 0 aliphatic heterocycles. The molecule has 0 aromatic heterocycles. The van der Waals surface area contributed by atoms with Gasteiger partial charge in [-0.3, -0.25) is 0 Å². The molecule has 0 saturated carbocycles. The number of hydrogen-bond donors (Lipinski definition) is 0. The second kappa shape index (κ2) is 4.92. The third kappa shape index (κ3) is 3.57. The highest BCUT2D eigenvalue weighted by Gasteiger charge is 2.18. The Kier molecular flexibility index (Phi) is 4.03. The van der Waals surface area contributed by atoms with Crippen LogP contribution in [0, 0.1) is 5.82 Å². The third-order valence-electron chi connectivity index (χ3n) is 1.53. The van der Waals surface area contributed by atoms with Gasteiger partial charge in [0.1, 0.15) is 23.1 Å². The van der Waals surface area contributed by atoms with Crippen molar-refractivity contribution >= 4 is 19.7 Å². The van der Waals surface area contributed by atoms with Gasteiger partial charge in [0, 0.05) is 16.7 Å². The Hall–Kier alpha value is -0.950. The maximum Gasteiger partial charge on any atom is 0.272 e. The summed E-state index contributed by atoms with van der Waals surface area (Å²) in [6.45, 7) is -1.04. The summed E-state index contributed by atoms with van der Waals surface area (Å²) in [4.78, 5) is -0.545. The van der Waals surface area contributed by atoms with Gasteiger partial charge in [-0.2, -0.15) is 0 Å². The van der Waals surface area contributed by atoms with E-state index in [1.807, 2.05) is 0 Å². The van der Waals surface area contributed by atoms with Crippen LogP contribution in [0.1, 0.15) is 0 Å². The standard InChI is InChI=1S/C8H6ClF3O3S/c9-16(13,14)7-2-1-5(10)3-6(7)15-4-8(11)12/h1-3,8H,4H2. The third-order valence-corrected chi connectivity index (χ3v) is 2.89. The average molecular weight is 275 g/mol. The van der Waals surface area contributed by atoms with Crippen molar-refractivity contribution in [2.45, 2.75) is 11.3 Å². The fraction of sp³-hybridized carbons (Fsp3) is 0.250. The van der Waals surface area contributed by atoms with Crippen LogP contribution in [0.2, 0.25) is 0 Å². The number of ether oxygens (including phenoxy) is 1. The molecule has 0 saturated heterocycles. The Morgan fingerprint density at radius 2 is 2.00 bits per heavy atom. The molecule has 3 nitrogen and oxygen atoms in total. The van der Waals surface area contributed by atoms with Crippen molar-refractivity contribution in [1.82, 2.24) is 0 Å². The first-order valence-electron chi connectivity index (χ1n) is 3.96. The van der Waals surface area contributed by atoms with Gasteiger partial charge in [0.25, 0.3) is 15.5 Å². The second-order valence-corrected chi connectivity index (χ2v) is 5.27. The number of rotatable bonds is 4. The van der Waals surface area contributed by atoms with Crippen LogP contribution >= 0.6 is 10.7 Å². The second-order valence-electron chi connectivity index (χ2n) is 2.73. The summed E-state index contributed by atoms with van der Waals surface area (Å²) < 4.78 is 62.9. The molecule has 8 heteroatoms. The highest BCUT2D eigenvalue weighted by Crippen LogP contribution is 2.27. The average Bonchev–Trinajstić information content (AvgIpc) is 2.12. The van der Waals surface area contributed by atoms with E-state index >= 15 is 0 Å². The molecule has 1 rings (SSSR count). The fourth-order valence-electron chi connectivity index (χ4n) is 0.949. The quantitative estimate of drug-likeness (QED) is 0.792. The molecule has 0 bridgehead atoms. The van der Waals surface area contributed by atoms with Crippen LogP contribution in [0.3, 0.4) is 0 Å². The van der Waals surface area contributed by atoms with Gasteiger partial charge in [0.15, 0.2) is 0 Å². The predicted octanol–water partition coefficient (Wildman–Crippen LogP) is 2.40. The number of benzene rings is 1. The number of hydrogen-bond acceptors (Lipinski definition) is 3. The molecule has 0 N–H and O–H groups in total. The number of alkyl halides is 2. The number of halogens is 4. The summed E-state index contributed by atoms with van der Waals surface area (Å²) in [6.07, 6.45) is -2.80.